The zero-order valence-corrected chi connectivity index (χ0v) is 14.2. The first-order valence-electron chi connectivity index (χ1n) is 7.84. The summed E-state index contributed by atoms with van der Waals surface area (Å²) >= 11 is 0. The van der Waals surface area contributed by atoms with Gasteiger partial charge in [0.2, 0.25) is 10.0 Å². The maximum Gasteiger partial charge on any atom is 0.238 e. The number of nitrogens with two attached hydrogens (primary N) is 1. The first-order chi connectivity index (χ1) is 11.4. The fourth-order valence-corrected chi connectivity index (χ4v) is 3.90. The predicted octanol–water partition coefficient (Wildman–Crippen LogP) is 4.26. The van der Waals surface area contributed by atoms with Crippen LogP contribution in [0.15, 0.2) is 71.4 Å². The molecule has 5 heteroatoms. The van der Waals surface area contributed by atoms with Gasteiger partial charge in [-0.05, 0) is 71.6 Å². The van der Waals surface area contributed by atoms with E-state index in [1.54, 1.807) is 24.3 Å². The lowest BCUT2D eigenvalue weighted by Gasteiger charge is -2.09. The van der Waals surface area contributed by atoms with E-state index in [9.17, 15) is 12.8 Å². The molecule has 0 bridgehead atoms. The van der Waals surface area contributed by atoms with E-state index in [1.807, 2.05) is 0 Å². The van der Waals surface area contributed by atoms with Crippen molar-refractivity contribution in [3.05, 3.63) is 72.1 Å². The van der Waals surface area contributed by atoms with Crippen LogP contribution in [0.1, 0.15) is 31.2 Å². The summed E-state index contributed by atoms with van der Waals surface area (Å²) in [5.74, 6) is 0. The summed E-state index contributed by atoms with van der Waals surface area (Å²) in [6, 6.07) is 6.65. The lowest BCUT2D eigenvalue weighted by molar-refractivity contribution is 0.556. The highest BCUT2D eigenvalue weighted by atomic mass is 32.2. The molecule has 0 unspecified atom stereocenters. The SMILES string of the molecule is C=C/C(=C\C=C\F)C1=C(c2ccc(S(N)(=O)=O)cc2)CC2(CC2)C1. The Morgan fingerprint density at radius 1 is 1.21 bits per heavy atom. The highest BCUT2D eigenvalue weighted by molar-refractivity contribution is 7.89. The van der Waals surface area contributed by atoms with Crippen LogP contribution in [0.2, 0.25) is 0 Å². The fraction of sp³-hybridized carbons (Fsp3) is 0.263. The summed E-state index contributed by atoms with van der Waals surface area (Å²) in [5.41, 5.74) is 4.58. The monoisotopic (exact) mass is 345 g/mol. The minimum atomic E-state index is -3.69. The van der Waals surface area contributed by atoms with Crippen molar-refractivity contribution in [1.82, 2.24) is 0 Å². The second kappa shape index (κ2) is 6.15. The van der Waals surface area contributed by atoms with Gasteiger partial charge < -0.3 is 0 Å². The third kappa shape index (κ3) is 3.28. The van der Waals surface area contributed by atoms with E-state index >= 15 is 0 Å². The second-order valence-corrected chi connectivity index (χ2v) is 8.09. The van der Waals surface area contributed by atoms with Gasteiger partial charge in [0.1, 0.15) is 0 Å². The average molecular weight is 345 g/mol. The molecule has 126 valence electrons. The number of halogens is 1. The molecule has 0 aliphatic heterocycles. The number of benzene rings is 1. The highest BCUT2D eigenvalue weighted by Crippen LogP contribution is 2.62. The Hall–Kier alpha value is -1.98. The molecule has 1 aromatic carbocycles. The number of hydrogen-bond donors (Lipinski definition) is 1. The lowest BCUT2D eigenvalue weighted by atomic mass is 9.97. The molecule has 0 heterocycles. The van der Waals surface area contributed by atoms with E-state index in [-0.39, 0.29) is 4.90 Å². The van der Waals surface area contributed by atoms with Gasteiger partial charge in [-0.1, -0.05) is 30.9 Å². The maximum atomic E-state index is 12.4. The molecule has 1 saturated carbocycles. The van der Waals surface area contributed by atoms with Crippen LogP contribution in [0.3, 0.4) is 0 Å². The Bertz CT molecular complexity index is 857. The largest absolute Gasteiger partial charge is 0.238 e. The molecule has 2 N–H and O–H groups in total. The van der Waals surface area contributed by atoms with Gasteiger partial charge in [-0.3, -0.25) is 0 Å². The molecular formula is C19H20FNO2S. The van der Waals surface area contributed by atoms with Crippen molar-refractivity contribution in [3.63, 3.8) is 0 Å². The third-order valence-electron chi connectivity index (χ3n) is 4.87. The molecule has 0 radical (unpaired) electrons. The second-order valence-electron chi connectivity index (χ2n) is 6.52. The van der Waals surface area contributed by atoms with Crippen molar-refractivity contribution in [3.8, 4) is 0 Å². The van der Waals surface area contributed by atoms with Gasteiger partial charge in [0, 0.05) is 0 Å². The van der Waals surface area contributed by atoms with Gasteiger partial charge in [-0.25, -0.2) is 17.9 Å². The molecule has 0 saturated heterocycles. The summed E-state index contributed by atoms with van der Waals surface area (Å²) < 4.78 is 35.2. The van der Waals surface area contributed by atoms with Crippen molar-refractivity contribution < 1.29 is 12.8 Å². The van der Waals surface area contributed by atoms with Crippen molar-refractivity contribution in [2.24, 2.45) is 10.6 Å². The van der Waals surface area contributed by atoms with Crippen LogP contribution in [-0.2, 0) is 10.0 Å². The Kier molecular flexibility index (Phi) is 4.32. The van der Waals surface area contributed by atoms with Crippen molar-refractivity contribution in [2.45, 2.75) is 30.6 Å². The van der Waals surface area contributed by atoms with Gasteiger partial charge in [0.15, 0.2) is 0 Å². The van der Waals surface area contributed by atoms with Gasteiger partial charge in [-0.15, -0.1) is 0 Å². The molecular weight excluding hydrogens is 325 g/mol. The Morgan fingerprint density at radius 2 is 1.88 bits per heavy atom. The van der Waals surface area contributed by atoms with Gasteiger partial charge in [0.25, 0.3) is 0 Å². The first-order valence-corrected chi connectivity index (χ1v) is 9.38. The van der Waals surface area contributed by atoms with Crippen molar-refractivity contribution in [2.75, 3.05) is 0 Å². The summed E-state index contributed by atoms with van der Waals surface area (Å²) in [6.07, 6.45) is 9.64. The van der Waals surface area contributed by atoms with Crippen LogP contribution in [0.4, 0.5) is 4.39 Å². The summed E-state index contributed by atoms with van der Waals surface area (Å²) in [6.45, 7) is 3.85. The fourth-order valence-electron chi connectivity index (χ4n) is 3.39. The quantitative estimate of drug-likeness (QED) is 0.811. The van der Waals surface area contributed by atoms with E-state index < -0.39 is 10.0 Å². The predicted molar refractivity (Wildman–Crippen MR) is 94.2 cm³/mol. The lowest BCUT2D eigenvalue weighted by Crippen LogP contribution is -2.11. The van der Waals surface area contributed by atoms with E-state index in [1.165, 1.54) is 42.2 Å². The maximum absolute atomic E-state index is 12.4. The van der Waals surface area contributed by atoms with E-state index in [4.69, 9.17) is 5.14 Å². The zero-order valence-electron chi connectivity index (χ0n) is 13.3. The van der Waals surface area contributed by atoms with Crippen LogP contribution in [0, 0.1) is 5.41 Å². The topological polar surface area (TPSA) is 60.2 Å². The Balaban J connectivity index is 2.04. The smallest absolute Gasteiger partial charge is 0.225 e. The zero-order chi connectivity index (χ0) is 17.4. The van der Waals surface area contributed by atoms with Crippen LogP contribution in [0.5, 0.6) is 0 Å². The number of hydrogen-bond acceptors (Lipinski definition) is 2. The Labute approximate surface area is 142 Å². The van der Waals surface area contributed by atoms with Crippen LogP contribution in [0.25, 0.3) is 5.57 Å². The number of allylic oxidation sites excluding steroid dienone is 6. The van der Waals surface area contributed by atoms with Crippen LogP contribution < -0.4 is 5.14 Å². The minimum Gasteiger partial charge on any atom is -0.225 e. The molecule has 1 aromatic rings. The molecule has 0 amide bonds. The molecule has 1 fully saturated rings. The van der Waals surface area contributed by atoms with E-state index in [0.717, 1.165) is 24.0 Å². The molecule has 24 heavy (non-hydrogen) atoms. The van der Waals surface area contributed by atoms with Gasteiger partial charge in [0.05, 0.1) is 11.2 Å². The highest BCUT2D eigenvalue weighted by Gasteiger charge is 2.48. The summed E-state index contributed by atoms with van der Waals surface area (Å²) in [4.78, 5) is 0.104. The standard InChI is InChI=1S/C19H20FNO2S/c1-2-14(4-3-11-20)17-12-19(9-10-19)13-18(17)15-5-7-16(8-6-15)24(21,22)23/h2-8,11H,1,9-10,12-13H2,(H2,21,22,23)/b11-3+,14-4+. The molecule has 3 nitrogen and oxygen atoms in total. The number of sulfonamides is 1. The summed E-state index contributed by atoms with van der Waals surface area (Å²) in [5, 5.41) is 5.16. The summed E-state index contributed by atoms with van der Waals surface area (Å²) in [7, 11) is -3.69. The number of rotatable bonds is 5. The van der Waals surface area contributed by atoms with Crippen LogP contribution >= 0.6 is 0 Å². The number of primary sulfonamides is 1. The molecule has 3 rings (SSSR count). The van der Waals surface area contributed by atoms with Gasteiger partial charge in [-0.2, -0.15) is 0 Å². The van der Waals surface area contributed by atoms with Crippen molar-refractivity contribution >= 4 is 15.6 Å². The molecule has 1 spiro atoms. The van der Waals surface area contributed by atoms with Crippen LogP contribution in [-0.4, -0.2) is 8.42 Å². The third-order valence-corrected chi connectivity index (χ3v) is 5.80. The van der Waals surface area contributed by atoms with E-state index in [0.29, 0.717) is 11.7 Å². The van der Waals surface area contributed by atoms with Gasteiger partial charge >= 0.3 is 0 Å². The first kappa shape index (κ1) is 16.9. The molecule has 2 aliphatic carbocycles. The van der Waals surface area contributed by atoms with Crippen molar-refractivity contribution in [1.29, 1.82) is 0 Å². The van der Waals surface area contributed by atoms with E-state index in [2.05, 4.69) is 6.58 Å². The molecule has 2 aliphatic rings. The average Bonchev–Trinajstić information content (AvgIpc) is 3.20. The normalized spacial score (nSPS) is 20.2. The minimum absolute atomic E-state index is 0.104. The Morgan fingerprint density at radius 3 is 2.38 bits per heavy atom. The molecule has 0 atom stereocenters. The molecule has 0 aromatic heterocycles.